The lowest BCUT2D eigenvalue weighted by molar-refractivity contribution is -0.142. The van der Waals surface area contributed by atoms with Crippen LogP contribution in [0.25, 0.3) is 0 Å². The Morgan fingerprint density at radius 2 is 2.05 bits per heavy atom. The topological polar surface area (TPSA) is 75.6 Å². The summed E-state index contributed by atoms with van der Waals surface area (Å²) in [5, 5.41) is 11.3. The SMILES string of the molecule is CCOCC(=O)N[C@H](Cc1cccc(C(F)(F)F)c1)C(=O)O. The standard InChI is InChI=1S/C14H16F3NO4/c1-2-22-8-12(19)18-11(13(20)21)7-9-4-3-5-10(6-9)14(15,16)17/h3-6,11H,2,7-8H2,1H3,(H,18,19)(H,20,21)/t11-/m1/s1. The summed E-state index contributed by atoms with van der Waals surface area (Å²) in [7, 11) is 0. The zero-order chi connectivity index (χ0) is 16.8. The molecule has 2 N–H and O–H groups in total. The Labute approximate surface area is 125 Å². The Morgan fingerprint density at radius 1 is 1.36 bits per heavy atom. The van der Waals surface area contributed by atoms with Gasteiger partial charge in [0.15, 0.2) is 0 Å². The molecule has 0 saturated carbocycles. The summed E-state index contributed by atoms with van der Waals surface area (Å²) in [5.74, 6) is -1.97. The Hall–Kier alpha value is -2.09. The number of carboxylic acid groups (broad SMARTS) is 1. The third kappa shape index (κ3) is 5.72. The van der Waals surface area contributed by atoms with Crippen molar-refractivity contribution in [3.05, 3.63) is 35.4 Å². The normalized spacial score (nSPS) is 12.7. The first-order chi connectivity index (χ1) is 10.2. The van der Waals surface area contributed by atoms with E-state index in [-0.39, 0.29) is 18.6 Å². The molecule has 0 heterocycles. The number of hydrogen-bond donors (Lipinski definition) is 2. The van der Waals surface area contributed by atoms with E-state index in [9.17, 15) is 22.8 Å². The Kier molecular flexibility index (Phi) is 6.36. The second-order valence-electron chi connectivity index (χ2n) is 4.50. The molecule has 0 fully saturated rings. The Morgan fingerprint density at radius 3 is 2.59 bits per heavy atom. The van der Waals surface area contributed by atoms with Crippen LogP contribution in [0.4, 0.5) is 13.2 Å². The van der Waals surface area contributed by atoms with E-state index in [1.54, 1.807) is 6.92 Å². The van der Waals surface area contributed by atoms with Crippen LogP contribution in [0.3, 0.4) is 0 Å². The van der Waals surface area contributed by atoms with Gasteiger partial charge in [0.05, 0.1) is 5.56 Å². The number of carbonyl (C=O) groups is 2. The van der Waals surface area contributed by atoms with E-state index in [2.05, 4.69) is 5.32 Å². The molecule has 122 valence electrons. The van der Waals surface area contributed by atoms with E-state index < -0.39 is 29.7 Å². The van der Waals surface area contributed by atoms with Gasteiger partial charge in [-0.15, -0.1) is 0 Å². The first-order valence-electron chi connectivity index (χ1n) is 6.50. The predicted octanol–water partition coefficient (Wildman–Crippen LogP) is 1.85. The molecule has 1 aromatic carbocycles. The van der Waals surface area contributed by atoms with Crippen LogP contribution in [0.1, 0.15) is 18.1 Å². The molecule has 0 aliphatic heterocycles. The smallest absolute Gasteiger partial charge is 0.416 e. The molecule has 0 spiro atoms. The highest BCUT2D eigenvalue weighted by Gasteiger charge is 2.31. The first kappa shape index (κ1) is 18.0. The highest BCUT2D eigenvalue weighted by atomic mass is 19.4. The molecular formula is C14H16F3NO4. The van der Waals surface area contributed by atoms with E-state index in [4.69, 9.17) is 9.84 Å². The first-order valence-corrected chi connectivity index (χ1v) is 6.50. The van der Waals surface area contributed by atoms with E-state index in [1.165, 1.54) is 12.1 Å². The van der Waals surface area contributed by atoms with Crippen LogP contribution in [-0.4, -0.2) is 36.2 Å². The molecule has 1 rings (SSSR count). The fraction of sp³-hybridized carbons (Fsp3) is 0.429. The van der Waals surface area contributed by atoms with Crippen LogP contribution in [-0.2, 0) is 26.9 Å². The van der Waals surface area contributed by atoms with Crippen molar-refractivity contribution in [2.24, 2.45) is 0 Å². The van der Waals surface area contributed by atoms with E-state index in [0.717, 1.165) is 12.1 Å². The third-order valence-electron chi connectivity index (χ3n) is 2.76. The van der Waals surface area contributed by atoms with Gasteiger partial charge in [0.1, 0.15) is 12.6 Å². The number of carbonyl (C=O) groups excluding carboxylic acids is 1. The van der Waals surface area contributed by atoms with Crippen molar-refractivity contribution in [1.29, 1.82) is 0 Å². The Bertz CT molecular complexity index is 531. The molecule has 0 aliphatic carbocycles. The van der Waals surface area contributed by atoms with Gasteiger partial charge < -0.3 is 15.2 Å². The molecule has 1 amide bonds. The molecule has 0 aliphatic rings. The van der Waals surface area contributed by atoms with Gasteiger partial charge in [0, 0.05) is 13.0 Å². The predicted molar refractivity (Wildman–Crippen MR) is 71.2 cm³/mol. The number of hydrogen-bond acceptors (Lipinski definition) is 3. The third-order valence-corrected chi connectivity index (χ3v) is 2.76. The van der Waals surface area contributed by atoms with Crippen LogP contribution in [0.5, 0.6) is 0 Å². The number of rotatable bonds is 7. The minimum absolute atomic E-state index is 0.166. The quantitative estimate of drug-likeness (QED) is 0.804. The van der Waals surface area contributed by atoms with Gasteiger partial charge in [-0.3, -0.25) is 4.79 Å². The van der Waals surface area contributed by atoms with Gasteiger partial charge in [0.2, 0.25) is 5.91 Å². The number of amides is 1. The van der Waals surface area contributed by atoms with Crippen molar-refractivity contribution >= 4 is 11.9 Å². The van der Waals surface area contributed by atoms with Crippen molar-refractivity contribution in [2.45, 2.75) is 25.6 Å². The molecule has 8 heteroatoms. The van der Waals surface area contributed by atoms with Gasteiger partial charge in [-0.25, -0.2) is 4.79 Å². The maximum atomic E-state index is 12.6. The van der Waals surface area contributed by atoms with Crippen molar-refractivity contribution in [1.82, 2.24) is 5.32 Å². The second kappa shape index (κ2) is 7.79. The highest BCUT2D eigenvalue weighted by molar-refractivity contribution is 5.84. The molecule has 5 nitrogen and oxygen atoms in total. The van der Waals surface area contributed by atoms with Crippen LogP contribution in [0, 0.1) is 0 Å². The van der Waals surface area contributed by atoms with Crippen molar-refractivity contribution in [3.8, 4) is 0 Å². The summed E-state index contributed by atoms with van der Waals surface area (Å²) in [4.78, 5) is 22.6. The lowest BCUT2D eigenvalue weighted by atomic mass is 10.0. The number of halogens is 3. The molecular weight excluding hydrogens is 303 g/mol. The number of aliphatic carboxylic acids is 1. The molecule has 1 aromatic rings. The van der Waals surface area contributed by atoms with Gasteiger partial charge >= 0.3 is 12.1 Å². The monoisotopic (exact) mass is 319 g/mol. The molecule has 0 bridgehead atoms. The Balaban J connectivity index is 2.79. The summed E-state index contributed by atoms with van der Waals surface area (Å²) >= 11 is 0. The summed E-state index contributed by atoms with van der Waals surface area (Å²) in [6.07, 6.45) is -4.76. The maximum absolute atomic E-state index is 12.6. The van der Waals surface area contributed by atoms with E-state index in [0.29, 0.717) is 6.61 Å². The average molecular weight is 319 g/mol. The van der Waals surface area contributed by atoms with Crippen LogP contribution in [0.2, 0.25) is 0 Å². The van der Waals surface area contributed by atoms with Crippen LogP contribution >= 0.6 is 0 Å². The number of benzene rings is 1. The maximum Gasteiger partial charge on any atom is 0.416 e. The number of carboxylic acids is 1. The van der Waals surface area contributed by atoms with Gasteiger partial charge in [0.25, 0.3) is 0 Å². The summed E-state index contributed by atoms with van der Waals surface area (Å²) in [6, 6.07) is 3.01. The van der Waals surface area contributed by atoms with Crippen LogP contribution in [0.15, 0.2) is 24.3 Å². The molecule has 22 heavy (non-hydrogen) atoms. The van der Waals surface area contributed by atoms with Gasteiger partial charge in [-0.1, -0.05) is 18.2 Å². The van der Waals surface area contributed by atoms with Crippen molar-refractivity contribution in [3.63, 3.8) is 0 Å². The fourth-order valence-corrected chi connectivity index (χ4v) is 1.74. The number of alkyl halides is 3. The average Bonchev–Trinajstić information content (AvgIpc) is 2.43. The van der Waals surface area contributed by atoms with E-state index >= 15 is 0 Å². The van der Waals surface area contributed by atoms with Gasteiger partial charge in [-0.05, 0) is 18.6 Å². The summed E-state index contributed by atoms with van der Waals surface area (Å²) in [6.45, 7) is 1.66. The number of ether oxygens (including phenoxy) is 1. The molecule has 0 unspecified atom stereocenters. The van der Waals surface area contributed by atoms with Gasteiger partial charge in [-0.2, -0.15) is 13.2 Å². The highest BCUT2D eigenvalue weighted by Crippen LogP contribution is 2.29. The molecule has 1 atom stereocenters. The zero-order valence-corrected chi connectivity index (χ0v) is 11.8. The van der Waals surface area contributed by atoms with Crippen molar-refractivity contribution in [2.75, 3.05) is 13.2 Å². The molecule has 0 radical (unpaired) electrons. The zero-order valence-electron chi connectivity index (χ0n) is 11.8. The fourth-order valence-electron chi connectivity index (χ4n) is 1.74. The second-order valence-corrected chi connectivity index (χ2v) is 4.50. The number of nitrogens with one attached hydrogen (secondary N) is 1. The van der Waals surface area contributed by atoms with Crippen LogP contribution < -0.4 is 5.32 Å². The lowest BCUT2D eigenvalue weighted by Gasteiger charge is -2.15. The van der Waals surface area contributed by atoms with E-state index in [1.807, 2.05) is 0 Å². The van der Waals surface area contributed by atoms with Crippen molar-refractivity contribution < 1.29 is 32.6 Å². The lowest BCUT2D eigenvalue weighted by Crippen LogP contribution is -2.43. The minimum atomic E-state index is -4.51. The molecule has 0 aromatic heterocycles. The summed E-state index contributed by atoms with van der Waals surface area (Å²) < 4.78 is 42.7. The summed E-state index contributed by atoms with van der Waals surface area (Å²) in [5.41, 5.74) is -0.700. The minimum Gasteiger partial charge on any atom is -0.480 e. The molecule has 0 saturated heterocycles. The largest absolute Gasteiger partial charge is 0.480 e.